The third-order valence-corrected chi connectivity index (χ3v) is 6.29. The van der Waals surface area contributed by atoms with Crippen LogP contribution in [-0.2, 0) is 13.1 Å². The van der Waals surface area contributed by atoms with Gasteiger partial charge in [-0.15, -0.1) is 6.58 Å². The molecule has 3 heterocycles. The Labute approximate surface area is 224 Å². The third-order valence-electron chi connectivity index (χ3n) is 6.29. The molecule has 5 rings (SSSR count). The van der Waals surface area contributed by atoms with Crippen molar-refractivity contribution in [1.29, 1.82) is 0 Å². The number of fused-ring (bicyclic) bond motifs is 1. The highest BCUT2D eigenvalue weighted by atomic mass is 19.1. The van der Waals surface area contributed by atoms with E-state index in [2.05, 4.69) is 75.3 Å². The maximum Gasteiger partial charge on any atom is 0.218 e. The largest absolute Gasteiger partial charge is 0.383 e. The molecule has 7 nitrogen and oxygen atoms in total. The van der Waals surface area contributed by atoms with Crippen molar-refractivity contribution in [2.45, 2.75) is 38.1 Å². The molecule has 0 aliphatic carbocycles. The highest BCUT2D eigenvalue weighted by Crippen LogP contribution is 2.19. The third kappa shape index (κ3) is 8.34. The summed E-state index contributed by atoms with van der Waals surface area (Å²) in [6.45, 7) is 10.7. The van der Waals surface area contributed by atoms with Crippen LogP contribution in [0.25, 0.3) is 11.0 Å². The Hall–Kier alpha value is -3.85. The molecule has 0 bridgehead atoms. The van der Waals surface area contributed by atoms with Crippen molar-refractivity contribution in [2.75, 3.05) is 13.6 Å². The minimum absolute atomic E-state index is 0.238. The zero-order valence-corrected chi connectivity index (χ0v) is 22.0. The smallest absolute Gasteiger partial charge is 0.218 e. The number of allylic oxidation sites excluding steroid dienone is 1. The van der Waals surface area contributed by atoms with Crippen molar-refractivity contribution in [3.05, 3.63) is 121 Å². The monoisotopic (exact) mass is 515 g/mol. The average Bonchev–Trinajstić information content (AvgIpc) is 3.55. The molecule has 8 heteroatoms. The fraction of sp³-hybridized carbons (Fsp3) is 0.267. The summed E-state index contributed by atoms with van der Waals surface area (Å²) in [6, 6.07) is 22.2. The van der Waals surface area contributed by atoms with Crippen molar-refractivity contribution in [2.24, 2.45) is 11.5 Å². The molecular formula is C30H38FN7. The van der Waals surface area contributed by atoms with E-state index in [1.165, 1.54) is 37.2 Å². The fourth-order valence-corrected chi connectivity index (χ4v) is 4.22. The fourth-order valence-electron chi connectivity index (χ4n) is 4.22. The molecule has 4 aromatic rings. The summed E-state index contributed by atoms with van der Waals surface area (Å²) >= 11 is 0. The summed E-state index contributed by atoms with van der Waals surface area (Å²) < 4.78 is 14.6. The SMILES string of the molecule is C=C(NCc1ccccc1)C1CCCN1C.C=CCn1cnc2ccccc21.NC(N)c1cccnc1F. The number of hydrogen-bond acceptors (Lipinski definition) is 6. The summed E-state index contributed by atoms with van der Waals surface area (Å²) in [5.74, 6) is -0.600. The zero-order valence-electron chi connectivity index (χ0n) is 22.0. The number of aromatic nitrogens is 3. The second kappa shape index (κ2) is 14.8. The Kier molecular flexibility index (Phi) is 11.2. The van der Waals surface area contributed by atoms with Gasteiger partial charge in [-0.05, 0) is 50.2 Å². The highest BCUT2D eigenvalue weighted by Gasteiger charge is 2.22. The van der Waals surface area contributed by atoms with E-state index in [4.69, 9.17) is 11.5 Å². The lowest BCUT2D eigenvalue weighted by Crippen LogP contribution is -2.32. The lowest BCUT2D eigenvalue weighted by atomic mass is 10.1. The molecule has 0 amide bonds. The van der Waals surface area contributed by atoms with E-state index < -0.39 is 12.1 Å². The standard InChI is InChI=1S/C14H20N2.C10H10N2.C6H8FN3/c1-12(14-9-6-10-16(14)2)15-11-13-7-4-3-5-8-13;1-2-7-12-8-11-9-5-3-4-6-10(9)12;7-5-4(6(8)9)2-1-3-10-5/h3-5,7-8,14-15H,1,6,9-11H2,2H3;2-6,8H,1,7H2;1-3,6H,8-9H2. The number of rotatable bonds is 7. The number of likely N-dealkylation sites (tertiary alicyclic amines) is 1. The van der Waals surface area contributed by atoms with Crippen LogP contribution in [0.2, 0.25) is 0 Å². The van der Waals surface area contributed by atoms with Gasteiger partial charge in [-0.25, -0.2) is 9.97 Å². The zero-order chi connectivity index (χ0) is 27.3. The van der Waals surface area contributed by atoms with Crippen LogP contribution < -0.4 is 16.8 Å². The number of nitrogens with one attached hydrogen (secondary N) is 1. The minimum atomic E-state index is -0.784. The maximum atomic E-state index is 12.6. The van der Waals surface area contributed by atoms with Gasteiger partial charge in [-0.2, -0.15) is 4.39 Å². The number of para-hydroxylation sites is 2. The Morgan fingerprint density at radius 2 is 1.84 bits per heavy atom. The van der Waals surface area contributed by atoms with E-state index in [0.717, 1.165) is 29.8 Å². The lowest BCUT2D eigenvalue weighted by Gasteiger charge is -2.22. The predicted molar refractivity (Wildman–Crippen MR) is 153 cm³/mol. The van der Waals surface area contributed by atoms with Gasteiger partial charge < -0.3 is 21.4 Å². The number of nitrogens with two attached hydrogens (primary N) is 2. The van der Waals surface area contributed by atoms with E-state index in [1.54, 1.807) is 6.07 Å². The molecule has 5 N–H and O–H groups in total. The molecule has 1 saturated heterocycles. The Balaban J connectivity index is 0.000000163. The summed E-state index contributed by atoms with van der Waals surface area (Å²) in [7, 11) is 2.17. The maximum absolute atomic E-state index is 12.6. The van der Waals surface area contributed by atoms with Gasteiger partial charge >= 0.3 is 0 Å². The lowest BCUT2D eigenvalue weighted by molar-refractivity contribution is 0.334. The highest BCUT2D eigenvalue weighted by molar-refractivity contribution is 5.74. The normalized spacial score (nSPS) is 14.8. The van der Waals surface area contributed by atoms with Crippen molar-refractivity contribution >= 4 is 11.0 Å². The van der Waals surface area contributed by atoms with Crippen LogP contribution in [0.5, 0.6) is 0 Å². The van der Waals surface area contributed by atoms with E-state index in [9.17, 15) is 4.39 Å². The molecule has 1 unspecified atom stereocenters. The first-order valence-electron chi connectivity index (χ1n) is 12.7. The van der Waals surface area contributed by atoms with Crippen molar-refractivity contribution < 1.29 is 4.39 Å². The van der Waals surface area contributed by atoms with Gasteiger partial charge in [-0.1, -0.05) is 61.2 Å². The topological polar surface area (TPSA) is 98.0 Å². The number of likely N-dealkylation sites (N-methyl/N-ethyl adjacent to an activating group) is 1. The van der Waals surface area contributed by atoms with Crippen LogP contribution >= 0.6 is 0 Å². The van der Waals surface area contributed by atoms with Crippen molar-refractivity contribution in [3.63, 3.8) is 0 Å². The van der Waals surface area contributed by atoms with Crippen LogP contribution in [-0.4, -0.2) is 39.1 Å². The van der Waals surface area contributed by atoms with Crippen LogP contribution in [0.1, 0.15) is 30.1 Å². The van der Waals surface area contributed by atoms with Crippen LogP contribution in [0.15, 0.2) is 104 Å². The van der Waals surface area contributed by atoms with Gasteiger partial charge in [-0.3, -0.25) is 4.90 Å². The van der Waals surface area contributed by atoms with Crippen molar-refractivity contribution in [3.8, 4) is 0 Å². The van der Waals surface area contributed by atoms with Gasteiger partial charge in [0.15, 0.2) is 0 Å². The molecule has 2 aromatic carbocycles. The number of halogens is 1. The van der Waals surface area contributed by atoms with E-state index in [0.29, 0.717) is 6.04 Å². The van der Waals surface area contributed by atoms with E-state index >= 15 is 0 Å². The van der Waals surface area contributed by atoms with E-state index in [-0.39, 0.29) is 5.56 Å². The molecule has 1 atom stereocenters. The van der Waals surface area contributed by atoms with Crippen LogP contribution in [0.4, 0.5) is 4.39 Å². The Morgan fingerprint density at radius 3 is 2.47 bits per heavy atom. The molecule has 200 valence electrons. The molecule has 38 heavy (non-hydrogen) atoms. The molecule has 0 radical (unpaired) electrons. The molecule has 0 spiro atoms. The second-order valence-corrected chi connectivity index (χ2v) is 9.09. The molecule has 1 aliphatic rings. The first-order chi connectivity index (χ1) is 18.4. The van der Waals surface area contributed by atoms with Gasteiger partial charge in [0.05, 0.1) is 23.5 Å². The van der Waals surface area contributed by atoms with Gasteiger partial charge in [0.1, 0.15) is 0 Å². The summed E-state index contributed by atoms with van der Waals surface area (Å²) in [4.78, 5) is 10.0. The quantitative estimate of drug-likeness (QED) is 0.187. The molecule has 0 saturated carbocycles. The molecule has 1 fully saturated rings. The van der Waals surface area contributed by atoms with E-state index in [1.807, 2.05) is 36.7 Å². The first kappa shape index (κ1) is 28.7. The molecule has 1 aliphatic heterocycles. The van der Waals surface area contributed by atoms with Gasteiger partial charge in [0, 0.05) is 36.6 Å². The summed E-state index contributed by atoms with van der Waals surface area (Å²) in [5, 5.41) is 3.44. The second-order valence-electron chi connectivity index (χ2n) is 9.09. The number of imidazole rings is 1. The van der Waals surface area contributed by atoms with Crippen molar-refractivity contribution in [1.82, 2.24) is 24.8 Å². The summed E-state index contributed by atoms with van der Waals surface area (Å²) in [5.41, 5.74) is 15.3. The summed E-state index contributed by atoms with van der Waals surface area (Å²) in [6.07, 6.45) is 6.79. The first-order valence-corrected chi connectivity index (χ1v) is 12.7. The molecule has 2 aromatic heterocycles. The number of pyridine rings is 1. The Morgan fingerprint density at radius 1 is 1.11 bits per heavy atom. The van der Waals surface area contributed by atoms with Crippen LogP contribution in [0.3, 0.4) is 0 Å². The number of benzene rings is 2. The van der Waals surface area contributed by atoms with Gasteiger partial charge in [0.2, 0.25) is 5.95 Å². The molecular weight excluding hydrogens is 477 g/mol. The number of hydrogen-bond donors (Lipinski definition) is 3. The number of nitrogens with zero attached hydrogens (tertiary/aromatic N) is 4. The van der Waals surface area contributed by atoms with Gasteiger partial charge in [0.25, 0.3) is 0 Å². The minimum Gasteiger partial charge on any atom is -0.383 e. The predicted octanol–water partition coefficient (Wildman–Crippen LogP) is 4.74. The average molecular weight is 516 g/mol. The van der Waals surface area contributed by atoms with Crippen LogP contribution in [0, 0.1) is 5.95 Å². The Bertz CT molecular complexity index is 1290.